The van der Waals surface area contributed by atoms with Crippen LogP contribution in [0.4, 0.5) is 0 Å². The molecule has 0 saturated carbocycles. The maximum absolute atomic E-state index is 12.3. The van der Waals surface area contributed by atoms with E-state index >= 15 is 0 Å². The molecule has 0 atom stereocenters. The number of hydrogen-bond acceptors (Lipinski definition) is 4. The van der Waals surface area contributed by atoms with Crippen molar-refractivity contribution >= 4 is 10.9 Å². The normalized spacial score (nSPS) is 11.1. The summed E-state index contributed by atoms with van der Waals surface area (Å²) in [5, 5.41) is 4.85. The van der Waals surface area contributed by atoms with E-state index in [0.717, 1.165) is 18.5 Å². The van der Waals surface area contributed by atoms with Crippen molar-refractivity contribution in [3.05, 3.63) is 53.1 Å². The van der Waals surface area contributed by atoms with Gasteiger partial charge in [-0.3, -0.25) is 19.0 Å². The number of pyridine rings is 1. The first-order valence-electron chi connectivity index (χ1n) is 6.58. The molecule has 0 N–H and O–H groups in total. The van der Waals surface area contributed by atoms with Gasteiger partial charge in [0.15, 0.2) is 0 Å². The number of fused-ring (bicyclic) bond motifs is 1. The fraction of sp³-hybridized carbons (Fsp3) is 0.286. The predicted molar refractivity (Wildman–Crippen MR) is 75.4 cm³/mol. The van der Waals surface area contributed by atoms with E-state index in [1.807, 2.05) is 10.9 Å². The number of aromatic nitrogens is 5. The SMILES string of the molecule is CCCn1cc(Cn2cnc3cnccc3c2=O)cn1. The first-order valence-corrected chi connectivity index (χ1v) is 6.58. The van der Waals surface area contributed by atoms with Crippen molar-refractivity contribution in [1.29, 1.82) is 0 Å². The van der Waals surface area contributed by atoms with Crippen molar-refractivity contribution in [3.63, 3.8) is 0 Å². The molecule has 0 saturated heterocycles. The Morgan fingerprint density at radius 2 is 2.20 bits per heavy atom. The van der Waals surface area contributed by atoms with E-state index in [9.17, 15) is 4.79 Å². The van der Waals surface area contributed by atoms with Crippen molar-refractivity contribution < 1.29 is 0 Å². The summed E-state index contributed by atoms with van der Waals surface area (Å²) >= 11 is 0. The quantitative estimate of drug-likeness (QED) is 0.719. The lowest BCUT2D eigenvalue weighted by atomic mass is 10.3. The Balaban J connectivity index is 1.94. The second-order valence-electron chi connectivity index (χ2n) is 4.68. The molecule has 0 aliphatic heterocycles. The third-order valence-corrected chi connectivity index (χ3v) is 3.12. The Bertz CT molecular complexity index is 789. The topological polar surface area (TPSA) is 65.6 Å². The van der Waals surface area contributed by atoms with E-state index in [4.69, 9.17) is 0 Å². The van der Waals surface area contributed by atoms with Gasteiger partial charge in [-0.15, -0.1) is 0 Å². The first-order chi connectivity index (χ1) is 9.78. The second-order valence-corrected chi connectivity index (χ2v) is 4.68. The van der Waals surface area contributed by atoms with Crippen molar-refractivity contribution in [2.45, 2.75) is 26.4 Å². The fourth-order valence-corrected chi connectivity index (χ4v) is 2.16. The minimum absolute atomic E-state index is 0.0550. The van der Waals surface area contributed by atoms with E-state index in [2.05, 4.69) is 22.0 Å². The highest BCUT2D eigenvalue weighted by Gasteiger charge is 2.05. The number of aryl methyl sites for hydroxylation is 1. The lowest BCUT2D eigenvalue weighted by Crippen LogP contribution is -2.21. The molecular formula is C14H15N5O. The maximum atomic E-state index is 12.3. The molecule has 3 aromatic rings. The summed E-state index contributed by atoms with van der Waals surface area (Å²) in [6, 6.07) is 1.70. The van der Waals surface area contributed by atoms with Gasteiger partial charge in [-0.05, 0) is 12.5 Å². The summed E-state index contributed by atoms with van der Waals surface area (Å²) in [5.74, 6) is 0. The second kappa shape index (κ2) is 5.24. The monoisotopic (exact) mass is 269 g/mol. The minimum Gasteiger partial charge on any atom is -0.294 e. The molecule has 0 unspecified atom stereocenters. The van der Waals surface area contributed by atoms with Gasteiger partial charge in [-0.25, -0.2) is 4.98 Å². The van der Waals surface area contributed by atoms with Gasteiger partial charge in [0.2, 0.25) is 0 Å². The van der Waals surface area contributed by atoms with Gasteiger partial charge in [0, 0.05) is 24.5 Å². The van der Waals surface area contributed by atoms with E-state index < -0.39 is 0 Å². The average molecular weight is 269 g/mol. The lowest BCUT2D eigenvalue weighted by molar-refractivity contribution is 0.601. The van der Waals surface area contributed by atoms with Crippen LogP contribution in [0.25, 0.3) is 10.9 Å². The van der Waals surface area contributed by atoms with Crippen LogP contribution in [-0.2, 0) is 13.1 Å². The molecule has 0 amide bonds. The van der Waals surface area contributed by atoms with E-state index in [1.54, 1.807) is 35.6 Å². The Labute approximate surface area is 115 Å². The Kier molecular flexibility index (Phi) is 3.28. The number of nitrogens with zero attached hydrogens (tertiary/aromatic N) is 5. The van der Waals surface area contributed by atoms with E-state index in [-0.39, 0.29) is 5.56 Å². The van der Waals surface area contributed by atoms with Gasteiger partial charge in [0.1, 0.15) is 0 Å². The maximum Gasteiger partial charge on any atom is 0.261 e. The summed E-state index contributed by atoms with van der Waals surface area (Å²) in [5.41, 5.74) is 1.56. The Hall–Kier alpha value is -2.50. The Morgan fingerprint density at radius 3 is 3.05 bits per heavy atom. The molecule has 0 aromatic carbocycles. The van der Waals surface area contributed by atoms with Crippen molar-refractivity contribution in [2.24, 2.45) is 0 Å². The zero-order chi connectivity index (χ0) is 13.9. The van der Waals surface area contributed by atoms with Crippen LogP contribution in [0, 0.1) is 0 Å². The highest BCUT2D eigenvalue weighted by Crippen LogP contribution is 2.05. The molecular weight excluding hydrogens is 254 g/mol. The van der Waals surface area contributed by atoms with Crippen molar-refractivity contribution in [1.82, 2.24) is 24.3 Å². The first kappa shape index (κ1) is 12.5. The molecule has 3 aromatic heterocycles. The highest BCUT2D eigenvalue weighted by molar-refractivity contribution is 5.75. The molecule has 3 rings (SSSR count). The molecule has 6 heteroatoms. The van der Waals surface area contributed by atoms with Gasteiger partial charge >= 0.3 is 0 Å². The molecule has 0 radical (unpaired) electrons. The summed E-state index contributed by atoms with van der Waals surface area (Å²) in [4.78, 5) is 20.6. The zero-order valence-electron chi connectivity index (χ0n) is 11.2. The highest BCUT2D eigenvalue weighted by atomic mass is 16.1. The van der Waals surface area contributed by atoms with Crippen LogP contribution in [0.15, 0.2) is 42.0 Å². The van der Waals surface area contributed by atoms with Crippen LogP contribution in [-0.4, -0.2) is 24.3 Å². The largest absolute Gasteiger partial charge is 0.294 e. The molecule has 6 nitrogen and oxygen atoms in total. The predicted octanol–water partition coefficient (Wildman–Crippen LogP) is 1.45. The van der Waals surface area contributed by atoms with Crippen LogP contribution >= 0.6 is 0 Å². The van der Waals surface area contributed by atoms with Gasteiger partial charge in [-0.2, -0.15) is 5.10 Å². The van der Waals surface area contributed by atoms with Gasteiger partial charge in [0.25, 0.3) is 5.56 Å². The van der Waals surface area contributed by atoms with Gasteiger partial charge in [-0.1, -0.05) is 6.92 Å². The minimum atomic E-state index is -0.0550. The molecule has 0 aliphatic carbocycles. The molecule has 0 spiro atoms. The van der Waals surface area contributed by atoms with Crippen LogP contribution in [0.5, 0.6) is 0 Å². The third-order valence-electron chi connectivity index (χ3n) is 3.12. The molecule has 20 heavy (non-hydrogen) atoms. The molecule has 0 aliphatic rings. The molecule has 0 fully saturated rings. The lowest BCUT2D eigenvalue weighted by Gasteiger charge is -2.04. The molecule has 3 heterocycles. The molecule has 0 bridgehead atoms. The summed E-state index contributed by atoms with van der Waals surface area (Å²) in [6.07, 6.45) is 9.55. The summed E-state index contributed by atoms with van der Waals surface area (Å²) in [7, 11) is 0. The van der Waals surface area contributed by atoms with E-state index in [0.29, 0.717) is 17.4 Å². The van der Waals surface area contributed by atoms with Gasteiger partial charge in [0.05, 0.1) is 36.2 Å². The summed E-state index contributed by atoms with van der Waals surface area (Å²) in [6.45, 7) is 3.47. The molecule has 102 valence electrons. The standard InChI is InChI=1S/C14H15N5O/c1-2-5-19-9-11(6-17-19)8-18-10-16-13-7-15-4-3-12(13)14(18)20/h3-4,6-7,9-10H,2,5,8H2,1H3. The summed E-state index contributed by atoms with van der Waals surface area (Å²) < 4.78 is 3.48. The fourth-order valence-electron chi connectivity index (χ4n) is 2.16. The Morgan fingerprint density at radius 1 is 1.30 bits per heavy atom. The number of hydrogen-bond donors (Lipinski definition) is 0. The van der Waals surface area contributed by atoms with E-state index in [1.165, 1.54) is 0 Å². The van der Waals surface area contributed by atoms with Crippen LogP contribution < -0.4 is 5.56 Å². The third kappa shape index (κ3) is 2.32. The number of rotatable bonds is 4. The zero-order valence-corrected chi connectivity index (χ0v) is 11.2. The van der Waals surface area contributed by atoms with Crippen molar-refractivity contribution in [2.75, 3.05) is 0 Å². The smallest absolute Gasteiger partial charge is 0.261 e. The van der Waals surface area contributed by atoms with Crippen molar-refractivity contribution in [3.8, 4) is 0 Å². The van der Waals surface area contributed by atoms with Gasteiger partial charge < -0.3 is 0 Å². The van der Waals surface area contributed by atoms with Crippen LogP contribution in [0.3, 0.4) is 0 Å². The van der Waals surface area contributed by atoms with Crippen LogP contribution in [0.2, 0.25) is 0 Å². The average Bonchev–Trinajstić information content (AvgIpc) is 2.90. The van der Waals surface area contributed by atoms with Crippen LogP contribution in [0.1, 0.15) is 18.9 Å².